The lowest BCUT2D eigenvalue weighted by Gasteiger charge is -2.15. The highest BCUT2D eigenvalue weighted by molar-refractivity contribution is 5.89. The molecule has 1 heterocycles. The van der Waals surface area contributed by atoms with Crippen molar-refractivity contribution in [3.05, 3.63) is 40.8 Å². The molecular weight excluding hydrogens is 328 g/mol. The SMILES string of the molecule is COc1ccc(-c2coc3cc(O)cc(O)c3c2=O)c(OC)c1OC. The molecule has 3 aromatic rings. The molecule has 0 atom stereocenters. The van der Waals surface area contributed by atoms with Gasteiger partial charge in [-0.2, -0.15) is 0 Å². The molecule has 0 unspecified atom stereocenters. The summed E-state index contributed by atoms with van der Waals surface area (Å²) in [5, 5.41) is 19.5. The summed E-state index contributed by atoms with van der Waals surface area (Å²) < 4.78 is 21.4. The summed E-state index contributed by atoms with van der Waals surface area (Å²) in [6, 6.07) is 5.60. The van der Waals surface area contributed by atoms with Crippen LogP contribution in [0.25, 0.3) is 22.1 Å². The van der Waals surface area contributed by atoms with Gasteiger partial charge in [0.1, 0.15) is 28.7 Å². The molecule has 1 aromatic heterocycles. The molecule has 0 saturated heterocycles. The largest absolute Gasteiger partial charge is 0.508 e. The fourth-order valence-electron chi connectivity index (χ4n) is 2.72. The summed E-state index contributed by atoms with van der Waals surface area (Å²) in [6.45, 7) is 0. The van der Waals surface area contributed by atoms with E-state index in [9.17, 15) is 15.0 Å². The molecule has 0 aliphatic carbocycles. The van der Waals surface area contributed by atoms with Gasteiger partial charge in [-0.05, 0) is 12.1 Å². The molecule has 2 N–H and O–H groups in total. The number of benzene rings is 2. The predicted molar refractivity (Wildman–Crippen MR) is 90.9 cm³/mol. The van der Waals surface area contributed by atoms with Gasteiger partial charge in [0, 0.05) is 17.7 Å². The van der Waals surface area contributed by atoms with E-state index < -0.39 is 5.43 Å². The zero-order valence-corrected chi connectivity index (χ0v) is 13.8. The number of phenolic OH excluding ortho intramolecular Hbond substituents is 2. The van der Waals surface area contributed by atoms with Gasteiger partial charge < -0.3 is 28.8 Å². The van der Waals surface area contributed by atoms with Crippen LogP contribution in [-0.4, -0.2) is 31.5 Å². The molecule has 0 bridgehead atoms. The Bertz CT molecular complexity index is 1000. The molecule has 0 aliphatic rings. The maximum Gasteiger partial charge on any atom is 0.204 e. The minimum atomic E-state index is -0.468. The normalized spacial score (nSPS) is 10.7. The van der Waals surface area contributed by atoms with Gasteiger partial charge in [0.15, 0.2) is 11.5 Å². The molecule has 2 aromatic carbocycles. The molecule has 3 rings (SSSR count). The summed E-state index contributed by atoms with van der Waals surface area (Å²) in [4.78, 5) is 12.9. The van der Waals surface area contributed by atoms with Crippen molar-refractivity contribution < 1.29 is 28.8 Å². The first-order valence-electron chi connectivity index (χ1n) is 7.28. The average molecular weight is 344 g/mol. The Morgan fingerprint density at radius 1 is 0.920 bits per heavy atom. The lowest BCUT2D eigenvalue weighted by atomic mass is 10.0. The molecule has 0 fully saturated rings. The van der Waals surface area contributed by atoms with Crippen LogP contribution in [0.2, 0.25) is 0 Å². The Morgan fingerprint density at radius 2 is 1.64 bits per heavy atom. The highest BCUT2D eigenvalue weighted by Crippen LogP contribution is 2.44. The summed E-state index contributed by atoms with van der Waals surface area (Å²) >= 11 is 0. The monoisotopic (exact) mass is 344 g/mol. The van der Waals surface area contributed by atoms with E-state index in [1.807, 2.05) is 0 Å². The van der Waals surface area contributed by atoms with E-state index in [1.165, 1.54) is 33.7 Å². The van der Waals surface area contributed by atoms with Crippen molar-refractivity contribution in [2.24, 2.45) is 0 Å². The number of aromatic hydroxyl groups is 2. The molecule has 130 valence electrons. The van der Waals surface area contributed by atoms with E-state index in [0.29, 0.717) is 22.8 Å². The lowest BCUT2D eigenvalue weighted by Crippen LogP contribution is -2.07. The third-order valence-electron chi connectivity index (χ3n) is 3.84. The quantitative estimate of drug-likeness (QED) is 0.751. The van der Waals surface area contributed by atoms with Crippen molar-refractivity contribution in [1.29, 1.82) is 0 Å². The van der Waals surface area contributed by atoms with Gasteiger partial charge in [0.2, 0.25) is 11.2 Å². The predicted octanol–water partition coefficient (Wildman–Crippen LogP) is 2.90. The Balaban J connectivity index is 2.34. The van der Waals surface area contributed by atoms with E-state index in [-0.39, 0.29) is 28.0 Å². The fraction of sp³-hybridized carbons (Fsp3) is 0.167. The van der Waals surface area contributed by atoms with Crippen LogP contribution >= 0.6 is 0 Å². The summed E-state index contributed by atoms with van der Waals surface area (Å²) in [5.74, 6) is 0.499. The lowest BCUT2D eigenvalue weighted by molar-refractivity contribution is 0.325. The van der Waals surface area contributed by atoms with E-state index >= 15 is 0 Å². The number of ether oxygens (including phenoxy) is 3. The molecule has 7 nitrogen and oxygen atoms in total. The van der Waals surface area contributed by atoms with Gasteiger partial charge in [-0.1, -0.05) is 0 Å². The van der Waals surface area contributed by atoms with Crippen molar-refractivity contribution >= 4 is 11.0 Å². The van der Waals surface area contributed by atoms with Crippen LogP contribution in [0.5, 0.6) is 28.7 Å². The smallest absolute Gasteiger partial charge is 0.204 e. The fourth-order valence-corrected chi connectivity index (χ4v) is 2.72. The third-order valence-corrected chi connectivity index (χ3v) is 3.84. The number of phenols is 2. The van der Waals surface area contributed by atoms with E-state index in [0.717, 1.165) is 6.07 Å². The van der Waals surface area contributed by atoms with Crippen LogP contribution in [0.1, 0.15) is 0 Å². The minimum absolute atomic E-state index is 0.0351. The van der Waals surface area contributed by atoms with Crippen molar-refractivity contribution in [3.63, 3.8) is 0 Å². The zero-order chi connectivity index (χ0) is 18.1. The van der Waals surface area contributed by atoms with Crippen LogP contribution < -0.4 is 19.6 Å². The third kappa shape index (κ3) is 2.59. The van der Waals surface area contributed by atoms with Crippen molar-refractivity contribution in [1.82, 2.24) is 0 Å². The topological polar surface area (TPSA) is 98.4 Å². The van der Waals surface area contributed by atoms with Crippen LogP contribution in [0, 0.1) is 0 Å². The van der Waals surface area contributed by atoms with Crippen LogP contribution in [0.4, 0.5) is 0 Å². The van der Waals surface area contributed by atoms with Crippen LogP contribution in [-0.2, 0) is 0 Å². The highest BCUT2D eigenvalue weighted by Gasteiger charge is 2.21. The van der Waals surface area contributed by atoms with Crippen LogP contribution in [0.15, 0.2) is 39.7 Å². The van der Waals surface area contributed by atoms with E-state index in [2.05, 4.69) is 0 Å². The first-order valence-corrected chi connectivity index (χ1v) is 7.28. The molecule has 25 heavy (non-hydrogen) atoms. The summed E-state index contributed by atoms with van der Waals surface area (Å²) in [5.41, 5.74) is 0.199. The van der Waals surface area contributed by atoms with E-state index in [1.54, 1.807) is 12.1 Å². The maximum absolute atomic E-state index is 12.9. The number of hydrogen-bond donors (Lipinski definition) is 2. The maximum atomic E-state index is 12.9. The Hall–Kier alpha value is -3.35. The molecule has 0 aliphatic heterocycles. The molecule has 0 saturated carbocycles. The molecule has 7 heteroatoms. The summed E-state index contributed by atoms with van der Waals surface area (Å²) in [6.07, 6.45) is 1.24. The van der Waals surface area contributed by atoms with Gasteiger partial charge in [-0.15, -0.1) is 0 Å². The Morgan fingerprint density at radius 3 is 2.28 bits per heavy atom. The minimum Gasteiger partial charge on any atom is -0.508 e. The van der Waals surface area contributed by atoms with Crippen LogP contribution in [0.3, 0.4) is 0 Å². The molecular formula is C18H16O7. The second kappa shape index (κ2) is 6.27. The van der Waals surface area contributed by atoms with E-state index in [4.69, 9.17) is 18.6 Å². The van der Waals surface area contributed by atoms with Crippen molar-refractivity contribution in [3.8, 4) is 39.9 Å². The molecule has 0 spiro atoms. The summed E-state index contributed by atoms with van der Waals surface area (Å²) in [7, 11) is 4.40. The molecule has 0 amide bonds. The number of hydrogen-bond acceptors (Lipinski definition) is 7. The first-order chi connectivity index (χ1) is 12.0. The molecule has 0 radical (unpaired) electrons. The van der Waals surface area contributed by atoms with Gasteiger partial charge in [-0.25, -0.2) is 0 Å². The second-order valence-electron chi connectivity index (χ2n) is 5.20. The highest BCUT2D eigenvalue weighted by atomic mass is 16.5. The first kappa shape index (κ1) is 16.5. The van der Waals surface area contributed by atoms with Gasteiger partial charge in [0.25, 0.3) is 0 Å². The zero-order valence-electron chi connectivity index (χ0n) is 13.8. The average Bonchev–Trinajstić information content (AvgIpc) is 2.60. The number of methoxy groups -OCH3 is 3. The number of fused-ring (bicyclic) bond motifs is 1. The second-order valence-corrected chi connectivity index (χ2v) is 5.20. The number of rotatable bonds is 4. The van der Waals surface area contributed by atoms with Gasteiger partial charge >= 0.3 is 0 Å². The van der Waals surface area contributed by atoms with Crippen molar-refractivity contribution in [2.75, 3.05) is 21.3 Å². The Kier molecular flexibility index (Phi) is 4.14. The standard InChI is InChI=1S/C18H16O7/c1-22-13-5-4-10(17(23-2)18(13)24-3)11-8-25-14-7-9(19)6-12(20)15(14)16(11)21/h4-8,19-20H,1-3H3. The van der Waals surface area contributed by atoms with Gasteiger partial charge in [-0.3, -0.25) is 4.79 Å². The van der Waals surface area contributed by atoms with Crippen molar-refractivity contribution in [2.45, 2.75) is 0 Å². The Labute approximate surface area is 142 Å². The van der Waals surface area contributed by atoms with Gasteiger partial charge in [0.05, 0.1) is 26.9 Å².